The van der Waals surface area contributed by atoms with Crippen LogP contribution in [-0.4, -0.2) is 37.8 Å². The van der Waals surface area contributed by atoms with Crippen LogP contribution in [0.5, 0.6) is 0 Å². The van der Waals surface area contributed by atoms with Gasteiger partial charge in [-0.05, 0) is 25.8 Å². The van der Waals surface area contributed by atoms with Crippen LogP contribution in [0.25, 0.3) is 11.0 Å². The highest BCUT2D eigenvalue weighted by Gasteiger charge is 2.24. The third kappa shape index (κ3) is 3.08. The fraction of sp³-hybridized carbons (Fsp3) is 0.467. The molecule has 1 unspecified atom stereocenters. The number of carboxylic acid groups (broad SMARTS) is 1. The molecule has 1 amide bonds. The second kappa shape index (κ2) is 6.13. The zero-order chi connectivity index (χ0) is 16.4. The van der Waals surface area contributed by atoms with Crippen LogP contribution in [0.4, 0.5) is 0 Å². The van der Waals surface area contributed by atoms with Gasteiger partial charge in [-0.2, -0.15) is 5.10 Å². The first kappa shape index (κ1) is 15.9. The van der Waals surface area contributed by atoms with E-state index in [1.165, 1.54) is 6.20 Å². The second-order valence-corrected chi connectivity index (χ2v) is 5.85. The Kier molecular flexibility index (Phi) is 4.44. The number of fused-ring (bicyclic) bond motifs is 1. The molecule has 0 spiro atoms. The third-order valence-corrected chi connectivity index (χ3v) is 3.40. The highest BCUT2D eigenvalue weighted by atomic mass is 16.4. The molecule has 0 saturated carbocycles. The van der Waals surface area contributed by atoms with E-state index in [-0.39, 0.29) is 12.0 Å². The van der Waals surface area contributed by atoms with Crippen molar-refractivity contribution in [3.05, 3.63) is 24.0 Å². The predicted molar refractivity (Wildman–Crippen MR) is 81.6 cm³/mol. The number of nitrogens with zero attached hydrogens (tertiary/aromatic N) is 3. The average Bonchev–Trinajstić information content (AvgIpc) is 2.86. The number of aromatic nitrogens is 3. The number of carbonyl (C=O) groups is 2. The Morgan fingerprint density at radius 3 is 2.45 bits per heavy atom. The summed E-state index contributed by atoms with van der Waals surface area (Å²) < 4.78 is 1.77. The summed E-state index contributed by atoms with van der Waals surface area (Å²) in [6.45, 7) is 7.48. The van der Waals surface area contributed by atoms with Gasteiger partial charge >= 0.3 is 5.97 Å². The second-order valence-electron chi connectivity index (χ2n) is 5.85. The Morgan fingerprint density at radius 1 is 1.23 bits per heavy atom. The van der Waals surface area contributed by atoms with Crippen molar-refractivity contribution in [2.24, 2.45) is 5.92 Å². The van der Waals surface area contributed by atoms with Crippen molar-refractivity contribution in [1.82, 2.24) is 20.1 Å². The number of pyridine rings is 1. The summed E-state index contributed by atoms with van der Waals surface area (Å²) in [5.41, 5.74) is 1.02. The molecule has 0 aliphatic rings. The van der Waals surface area contributed by atoms with Crippen molar-refractivity contribution >= 4 is 22.9 Å². The molecule has 2 rings (SSSR count). The van der Waals surface area contributed by atoms with E-state index in [1.54, 1.807) is 30.8 Å². The van der Waals surface area contributed by atoms with Gasteiger partial charge in [0.05, 0.1) is 11.8 Å². The van der Waals surface area contributed by atoms with E-state index in [0.29, 0.717) is 11.2 Å². The van der Waals surface area contributed by atoms with E-state index in [0.717, 1.165) is 5.39 Å². The molecule has 2 aromatic heterocycles. The van der Waals surface area contributed by atoms with Crippen LogP contribution in [0, 0.1) is 5.92 Å². The zero-order valence-electron chi connectivity index (χ0n) is 13.1. The molecule has 2 heterocycles. The number of hydrogen-bond donors (Lipinski definition) is 2. The molecule has 2 N–H and O–H groups in total. The highest BCUT2D eigenvalue weighted by molar-refractivity contribution is 5.98. The van der Waals surface area contributed by atoms with Gasteiger partial charge < -0.3 is 10.4 Å². The highest BCUT2D eigenvalue weighted by Crippen LogP contribution is 2.17. The van der Waals surface area contributed by atoms with E-state index in [9.17, 15) is 9.59 Å². The maximum Gasteiger partial charge on any atom is 0.326 e. The number of hydrogen-bond acceptors (Lipinski definition) is 4. The first-order valence-corrected chi connectivity index (χ1v) is 7.18. The van der Waals surface area contributed by atoms with Gasteiger partial charge in [0.25, 0.3) is 5.91 Å². The molecule has 7 nitrogen and oxygen atoms in total. The maximum absolute atomic E-state index is 12.2. The first-order valence-electron chi connectivity index (χ1n) is 7.18. The number of carboxylic acids is 1. The Bertz CT molecular complexity index is 706. The summed E-state index contributed by atoms with van der Waals surface area (Å²) in [7, 11) is 0. The van der Waals surface area contributed by atoms with Gasteiger partial charge in [0.2, 0.25) is 0 Å². The Morgan fingerprint density at radius 2 is 1.91 bits per heavy atom. The van der Waals surface area contributed by atoms with Crippen LogP contribution < -0.4 is 5.32 Å². The topological polar surface area (TPSA) is 97.1 Å². The fourth-order valence-corrected chi connectivity index (χ4v) is 2.18. The number of rotatable bonds is 5. The van der Waals surface area contributed by atoms with Gasteiger partial charge in [0.15, 0.2) is 5.65 Å². The van der Waals surface area contributed by atoms with E-state index >= 15 is 0 Å². The minimum atomic E-state index is -1.05. The van der Waals surface area contributed by atoms with Gasteiger partial charge in [0.1, 0.15) is 6.04 Å². The van der Waals surface area contributed by atoms with Crippen LogP contribution in [-0.2, 0) is 4.79 Å². The van der Waals surface area contributed by atoms with Gasteiger partial charge in [-0.1, -0.05) is 13.8 Å². The number of aliphatic carboxylic acids is 1. The fourth-order valence-electron chi connectivity index (χ4n) is 2.18. The largest absolute Gasteiger partial charge is 0.480 e. The van der Waals surface area contributed by atoms with Gasteiger partial charge in [-0.25, -0.2) is 14.5 Å². The minimum Gasteiger partial charge on any atom is -0.480 e. The van der Waals surface area contributed by atoms with Gasteiger partial charge in [0, 0.05) is 17.6 Å². The molecular formula is C15H20N4O3. The van der Waals surface area contributed by atoms with Crippen molar-refractivity contribution in [3.8, 4) is 0 Å². The minimum absolute atomic E-state index is 0.169. The van der Waals surface area contributed by atoms with Crippen molar-refractivity contribution < 1.29 is 14.7 Å². The number of amides is 1. The molecule has 0 aliphatic heterocycles. The summed E-state index contributed by atoms with van der Waals surface area (Å²) in [6.07, 6.45) is 3.09. The Hall–Kier alpha value is -2.44. The average molecular weight is 304 g/mol. The standard InChI is InChI=1S/C15H20N4O3/c1-8(2)12(15(21)22)18-14(20)11-5-10-7-17-19(9(3)4)13(10)16-6-11/h5-9,12H,1-4H3,(H,18,20)(H,21,22). The van der Waals surface area contributed by atoms with Gasteiger partial charge in [-0.3, -0.25) is 4.79 Å². The summed E-state index contributed by atoms with van der Waals surface area (Å²) in [6, 6.07) is 0.909. The van der Waals surface area contributed by atoms with Crippen LogP contribution in [0.3, 0.4) is 0 Å². The first-order chi connectivity index (χ1) is 10.3. The van der Waals surface area contributed by atoms with Crippen molar-refractivity contribution in [1.29, 1.82) is 0 Å². The Labute approximate surface area is 128 Å². The van der Waals surface area contributed by atoms with Crippen LogP contribution >= 0.6 is 0 Å². The molecule has 1 atom stereocenters. The molecular weight excluding hydrogens is 284 g/mol. The lowest BCUT2D eigenvalue weighted by atomic mass is 10.0. The molecule has 0 radical (unpaired) electrons. The van der Waals surface area contributed by atoms with Crippen LogP contribution in [0.2, 0.25) is 0 Å². The number of carbonyl (C=O) groups excluding carboxylic acids is 1. The lowest BCUT2D eigenvalue weighted by molar-refractivity contribution is -0.140. The summed E-state index contributed by atoms with van der Waals surface area (Å²) in [5, 5.41) is 16.6. The number of nitrogens with one attached hydrogen (secondary N) is 1. The maximum atomic E-state index is 12.2. The Balaban J connectivity index is 2.27. The smallest absolute Gasteiger partial charge is 0.326 e. The molecule has 0 aromatic carbocycles. The van der Waals surface area contributed by atoms with Crippen LogP contribution in [0.1, 0.15) is 44.1 Å². The molecule has 0 fully saturated rings. The predicted octanol–water partition coefficient (Wildman–Crippen LogP) is 1.85. The summed E-state index contributed by atoms with van der Waals surface area (Å²) in [5.74, 6) is -1.71. The van der Waals surface area contributed by atoms with Crippen molar-refractivity contribution in [2.45, 2.75) is 39.8 Å². The van der Waals surface area contributed by atoms with E-state index in [4.69, 9.17) is 5.11 Å². The van der Waals surface area contributed by atoms with Crippen LogP contribution in [0.15, 0.2) is 18.5 Å². The molecule has 0 aliphatic carbocycles. The molecule has 7 heteroatoms. The third-order valence-electron chi connectivity index (χ3n) is 3.40. The molecule has 118 valence electrons. The van der Waals surface area contributed by atoms with E-state index in [2.05, 4.69) is 15.4 Å². The molecule has 22 heavy (non-hydrogen) atoms. The lowest BCUT2D eigenvalue weighted by Gasteiger charge is -2.17. The van der Waals surface area contributed by atoms with E-state index in [1.807, 2.05) is 13.8 Å². The summed E-state index contributed by atoms with van der Waals surface area (Å²) >= 11 is 0. The summed E-state index contributed by atoms with van der Waals surface area (Å²) in [4.78, 5) is 27.6. The van der Waals surface area contributed by atoms with Crippen molar-refractivity contribution in [2.75, 3.05) is 0 Å². The van der Waals surface area contributed by atoms with Gasteiger partial charge in [-0.15, -0.1) is 0 Å². The lowest BCUT2D eigenvalue weighted by Crippen LogP contribution is -2.44. The van der Waals surface area contributed by atoms with E-state index < -0.39 is 17.9 Å². The molecule has 0 bridgehead atoms. The quantitative estimate of drug-likeness (QED) is 0.878. The zero-order valence-corrected chi connectivity index (χ0v) is 13.1. The SMILES string of the molecule is CC(C)C(NC(=O)c1cnc2c(cnn2C(C)C)c1)C(=O)O. The monoisotopic (exact) mass is 304 g/mol. The molecule has 2 aromatic rings. The van der Waals surface area contributed by atoms with Crippen molar-refractivity contribution in [3.63, 3.8) is 0 Å². The normalized spacial score (nSPS) is 12.8. The molecule has 0 saturated heterocycles.